The predicted molar refractivity (Wildman–Crippen MR) is 57.8 cm³/mol. The zero-order valence-corrected chi connectivity index (χ0v) is 9.59. The summed E-state index contributed by atoms with van der Waals surface area (Å²) in [4.78, 5) is 7.39. The van der Waals surface area contributed by atoms with Crippen LogP contribution in [0.4, 0.5) is 0 Å². The van der Waals surface area contributed by atoms with Crippen LogP contribution in [0.15, 0.2) is 0 Å². The van der Waals surface area contributed by atoms with Crippen LogP contribution in [-0.4, -0.2) is 9.97 Å². The second kappa shape index (κ2) is 4.20. The van der Waals surface area contributed by atoms with Crippen molar-refractivity contribution in [3.05, 3.63) is 21.7 Å². The fourth-order valence-electron chi connectivity index (χ4n) is 1.24. The summed E-state index contributed by atoms with van der Waals surface area (Å²) in [6, 6.07) is 0. The molecule has 1 heterocycles. The molecule has 0 saturated carbocycles. The lowest BCUT2D eigenvalue weighted by molar-refractivity contribution is 0.859. The number of nitrogens with one attached hydrogen (secondary N) is 1. The number of aromatic nitrogens is 2. The van der Waals surface area contributed by atoms with Gasteiger partial charge in [-0.05, 0) is 20.3 Å². The quantitative estimate of drug-likeness (QED) is 0.607. The van der Waals surface area contributed by atoms with Crippen LogP contribution in [0.2, 0.25) is 0 Å². The van der Waals surface area contributed by atoms with E-state index in [9.17, 15) is 0 Å². The van der Waals surface area contributed by atoms with Gasteiger partial charge in [-0.25, -0.2) is 4.98 Å². The number of hydrogen-bond acceptors (Lipinski definition) is 2. The summed E-state index contributed by atoms with van der Waals surface area (Å²) in [5.74, 6) is 0.751. The maximum Gasteiger partial charge on any atom is 0.133 e. The molecular weight excluding hydrogens is 204 g/mol. The Morgan fingerprint density at radius 3 is 2.62 bits per heavy atom. The minimum Gasteiger partial charge on any atom is -0.346 e. The number of aromatic amines is 1. The first-order valence-corrected chi connectivity index (χ1v) is 5.14. The van der Waals surface area contributed by atoms with E-state index in [-0.39, 0.29) is 5.38 Å². The minimum atomic E-state index is -0.119. The van der Waals surface area contributed by atoms with Crippen molar-refractivity contribution < 1.29 is 0 Å². The van der Waals surface area contributed by atoms with Crippen molar-refractivity contribution >= 4 is 23.8 Å². The third-order valence-corrected chi connectivity index (χ3v) is 2.52. The highest BCUT2D eigenvalue weighted by Gasteiger charge is 2.07. The van der Waals surface area contributed by atoms with Crippen molar-refractivity contribution in [1.29, 1.82) is 0 Å². The van der Waals surface area contributed by atoms with E-state index in [0.29, 0.717) is 4.64 Å². The summed E-state index contributed by atoms with van der Waals surface area (Å²) in [6.07, 6.45) is 0.908. The Morgan fingerprint density at radius 1 is 1.62 bits per heavy atom. The summed E-state index contributed by atoms with van der Waals surface area (Å²) in [7, 11) is 0. The van der Waals surface area contributed by atoms with Crippen molar-refractivity contribution in [2.45, 2.75) is 32.6 Å². The number of H-pyrrole nitrogens is 1. The molecule has 0 aromatic carbocycles. The van der Waals surface area contributed by atoms with Gasteiger partial charge in [-0.1, -0.05) is 19.1 Å². The van der Waals surface area contributed by atoms with Gasteiger partial charge in [0.2, 0.25) is 0 Å². The second-order valence-electron chi connectivity index (χ2n) is 3.00. The van der Waals surface area contributed by atoms with Crippen LogP contribution in [-0.2, 0) is 6.42 Å². The summed E-state index contributed by atoms with van der Waals surface area (Å²) >= 11 is 11.1. The molecule has 1 N–H and O–H groups in total. The van der Waals surface area contributed by atoms with Crippen molar-refractivity contribution in [3.63, 3.8) is 0 Å². The van der Waals surface area contributed by atoms with E-state index < -0.39 is 0 Å². The lowest BCUT2D eigenvalue weighted by Gasteiger charge is -2.08. The molecule has 0 spiro atoms. The van der Waals surface area contributed by atoms with Crippen LogP contribution in [0.25, 0.3) is 0 Å². The Bertz CT molecular complexity index is 357. The van der Waals surface area contributed by atoms with Crippen LogP contribution in [0.3, 0.4) is 0 Å². The molecule has 0 bridgehead atoms. The van der Waals surface area contributed by atoms with Gasteiger partial charge in [0.15, 0.2) is 0 Å². The summed E-state index contributed by atoms with van der Waals surface area (Å²) in [5, 5.41) is -0.119. The van der Waals surface area contributed by atoms with Crippen molar-refractivity contribution in [1.82, 2.24) is 9.97 Å². The Morgan fingerprint density at radius 2 is 2.23 bits per heavy atom. The average molecular weight is 217 g/mol. The normalized spacial score (nSPS) is 12.9. The van der Waals surface area contributed by atoms with Gasteiger partial charge in [-0.2, -0.15) is 0 Å². The number of nitrogens with zero attached hydrogens (tertiary/aromatic N) is 1. The fraction of sp³-hybridized carbons (Fsp3) is 0.556. The molecule has 4 heteroatoms. The highest BCUT2D eigenvalue weighted by atomic mass is 35.5. The Hall–Kier alpha value is -0.410. The van der Waals surface area contributed by atoms with Crippen LogP contribution < -0.4 is 0 Å². The second-order valence-corrected chi connectivity index (χ2v) is 4.04. The highest BCUT2D eigenvalue weighted by Crippen LogP contribution is 2.17. The zero-order chi connectivity index (χ0) is 10.0. The van der Waals surface area contributed by atoms with Crippen LogP contribution in [0.1, 0.15) is 36.3 Å². The van der Waals surface area contributed by atoms with E-state index in [2.05, 4.69) is 16.9 Å². The molecule has 0 amide bonds. The van der Waals surface area contributed by atoms with Gasteiger partial charge in [0, 0.05) is 11.3 Å². The number of hydrogen-bond donors (Lipinski definition) is 1. The van der Waals surface area contributed by atoms with Gasteiger partial charge >= 0.3 is 0 Å². The van der Waals surface area contributed by atoms with Gasteiger partial charge in [-0.15, -0.1) is 11.6 Å². The maximum atomic E-state index is 5.90. The van der Waals surface area contributed by atoms with Gasteiger partial charge in [0.25, 0.3) is 0 Å². The third-order valence-electron chi connectivity index (χ3n) is 1.98. The first-order chi connectivity index (χ1) is 6.06. The van der Waals surface area contributed by atoms with E-state index in [4.69, 9.17) is 23.8 Å². The summed E-state index contributed by atoms with van der Waals surface area (Å²) in [6.45, 7) is 5.94. The third kappa shape index (κ3) is 2.29. The van der Waals surface area contributed by atoms with Crippen molar-refractivity contribution in [2.24, 2.45) is 0 Å². The van der Waals surface area contributed by atoms with Gasteiger partial charge < -0.3 is 4.98 Å². The van der Waals surface area contributed by atoms with Crippen molar-refractivity contribution in [2.75, 3.05) is 0 Å². The Kier molecular flexibility index (Phi) is 3.45. The topological polar surface area (TPSA) is 28.7 Å². The number of alkyl halides is 1. The van der Waals surface area contributed by atoms with Gasteiger partial charge in [0.05, 0.1) is 5.38 Å². The molecule has 0 saturated heterocycles. The SMILES string of the molecule is CCc1c(C)[nH]c(C(C)Cl)nc1=S. The molecule has 1 unspecified atom stereocenters. The fourth-order valence-corrected chi connectivity index (χ4v) is 1.74. The molecule has 0 aliphatic rings. The van der Waals surface area contributed by atoms with Crippen molar-refractivity contribution in [3.8, 4) is 0 Å². The molecule has 0 fully saturated rings. The first-order valence-electron chi connectivity index (χ1n) is 4.30. The summed E-state index contributed by atoms with van der Waals surface area (Å²) in [5.41, 5.74) is 2.18. The van der Waals surface area contributed by atoms with E-state index in [1.165, 1.54) is 0 Å². The number of halogens is 1. The average Bonchev–Trinajstić information content (AvgIpc) is 2.03. The van der Waals surface area contributed by atoms with Crippen LogP contribution >= 0.6 is 23.8 Å². The van der Waals surface area contributed by atoms with Gasteiger partial charge in [-0.3, -0.25) is 0 Å². The molecule has 0 aliphatic heterocycles. The summed E-state index contributed by atoms with van der Waals surface area (Å²) < 4.78 is 0.668. The molecule has 1 aromatic heterocycles. The largest absolute Gasteiger partial charge is 0.346 e. The van der Waals surface area contributed by atoms with E-state index in [1.807, 2.05) is 13.8 Å². The maximum absolute atomic E-state index is 5.90. The molecular formula is C9H13ClN2S. The molecule has 1 rings (SSSR count). The smallest absolute Gasteiger partial charge is 0.133 e. The van der Waals surface area contributed by atoms with E-state index in [1.54, 1.807) is 0 Å². The lowest BCUT2D eigenvalue weighted by Crippen LogP contribution is -2.02. The molecule has 1 atom stereocenters. The lowest BCUT2D eigenvalue weighted by atomic mass is 10.2. The van der Waals surface area contributed by atoms with Crippen LogP contribution in [0, 0.1) is 11.6 Å². The molecule has 72 valence electrons. The van der Waals surface area contributed by atoms with E-state index in [0.717, 1.165) is 23.5 Å². The monoisotopic (exact) mass is 216 g/mol. The number of aryl methyl sites for hydroxylation is 1. The zero-order valence-electron chi connectivity index (χ0n) is 8.02. The number of rotatable bonds is 2. The van der Waals surface area contributed by atoms with E-state index >= 15 is 0 Å². The highest BCUT2D eigenvalue weighted by molar-refractivity contribution is 7.71. The Balaban J connectivity index is 3.29. The standard InChI is InChI=1S/C9H13ClN2S/c1-4-7-6(3)11-8(5(2)10)12-9(7)13/h5H,4H2,1-3H3,(H,11,12,13). The molecule has 0 radical (unpaired) electrons. The Labute approximate surface area is 88.4 Å². The molecule has 13 heavy (non-hydrogen) atoms. The molecule has 0 aliphatic carbocycles. The molecule has 2 nitrogen and oxygen atoms in total. The predicted octanol–water partition coefficient (Wildman–Crippen LogP) is 3.31. The van der Waals surface area contributed by atoms with Gasteiger partial charge in [0.1, 0.15) is 10.5 Å². The molecule has 1 aromatic rings. The minimum absolute atomic E-state index is 0.119. The first kappa shape index (κ1) is 10.7. The van der Waals surface area contributed by atoms with Crippen LogP contribution in [0.5, 0.6) is 0 Å².